The molecular formula is C31H56O4Si. The number of hydrogen-bond donors (Lipinski definition) is 1. The highest BCUT2D eigenvalue weighted by molar-refractivity contribution is 6.74. The van der Waals surface area contributed by atoms with E-state index in [0.717, 1.165) is 18.3 Å². The molecule has 4 rings (SSSR count). The summed E-state index contributed by atoms with van der Waals surface area (Å²) < 4.78 is 13.3. The molecule has 1 unspecified atom stereocenters. The largest absolute Gasteiger partial charge is 0.481 e. The predicted octanol–water partition coefficient (Wildman–Crippen LogP) is 8.16. The molecule has 0 amide bonds. The maximum absolute atomic E-state index is 11.2. The summed E-state index contributed by atoms with van der Waals surface area (Å²) in [5, 5.41) is 9.52. The van der Waals surface area contributed by atoms with Crippen LogP contribution in [0.2, 0.25) is 18.1 Å². The van der Waals surface area contributed by atoms with Crippen LogP contribution in [0, 0.1) is 46.3 Å². The summed E-state index contributed by atoms with van der Waals surface area (Å²) in [7, 11) is 0.202. The Morgan fingerprint density at radius 1 is 1.03 bits per heavy atom. The molecular weight excluding hydrogens is 464 g/mol. The van der Waals surface area contributed by atoms with Gasteiger partial charge in [-0.2, -0.15) is 0 Å². The van der Waals surface area contributed by atoms with Gasteiger partial charge in [-0.25, -0.2) is 0 Å². The molecule has 36 heavy (non-hydrogen) atoms. The molecule has 1 N–H and O–H groups in total. The van der Waals surface area contributed by atoms with Crippen molar-refractivity contribution in [2.24, 2.45) is 46.3 Å². The third kappa shape index (κ3) is 4.88. The van der Waals surface area contributed by atoms with Crippen LogP contribution in [0.25, 0.3) is 0 Å². The number of ether oxygens (including phenoxy) is 1. The normalized spacial score (nSPS) is 43.9. The van der Waals surface area contributed by atoms with E-state index in [1.807, 2.05) is 7.11 Å². The van der Waals surface area contributed by atoms with Crippen molar-refractivity contribution in [3.05, 3.63) is 0 Å². The second kappa shape index (κ2) is 9.97. The Bertz CT molecular complexity index is 805. The van der Waals surface area contributed by atoms with Crippen LogP contribution in [0.3, 0.4) is 0 Å². The molecule has 0 aromatic heterocycles. The lowest BCUT2D eigenvalue weighted by molar-refractivity contribution is -0.181. The molecule has 0 saturated heterocycles. The van der Waals surface area contributed by atoms with Gasteiger partial charge >= 0.3 is 5.97 Å². The minimum atomic E-state index is -1.76. The van der Waals surface area contributed by atoms with Crippen LogP contribution in [0.1, 0.15) is 106 Å². The maximum Gasteiger partial charge on any atom is 0.303 e. The maximum atomic E-state index is 11.2. The number of methoxy groups -OCH3 is 1. The van der Waals surface area contributed by atoms with Crippen molar-refractivity contribution in [3.8, 4) is 0 Å². The monoisotopic (exact) mass is 520 g/mol. The van der Waals surface area contributed by atoms with Crippen LogP contribution in [0.5, 0.6) is 0 Å². The molecule has 208 valence electrons. The molecule has 4 aliphatic carbocycles. The van der Waals surface area contributed by atoms with E-state index in [1.54, 1.807) is 0 Å². The van der Waals surface area contributed by atoms with Gasteiger partial charge in [-0.05, 0) is 122 Å². The van der Waals surface area contributed by atoms with Gasteiger partial charge in [0.1, 0.15) is 0 Å². The topological polar surface area (TPSA) is 55.8 Å². The molecule has 5 heteroatoms. The molecule has 4 aliphatic rings. The zero-order valence-corrected chi connectivity index (χ0v) is 25.9. The van der Waals surface area contributed by atoms with E-state index >= 15 is 0 Å². The molecule has 0 heterocycles. The quantitative estimate of drug-likeness (QED) is 0.344. The van der Waals surface area contributed by atoms with E-state index in [4.69, 9.17) is 9.16 Å². The van der Waals surface area contributed by atoms with E-state index in [9.17, 15) is 9.90 Å². The molecule has 0 bridgehead atoms. The first kappa shape index (κ1) is 28.6. The zero-order valence-electron chi connectivity index (χ0n) is 24.9. The number of fused-ring (bicyclic) bond motifs is 5. The average Bonchev–Trinajstić information content (AvgIpc) is 3.13. The van der Waals surface area contributed by atoms with Gasteiger partial charge in [0.25, 0.3) is 0 Å². The number of hydrogen-bond acceptors (Lipinski definition) is 3. The summed E-state index contributed by atoms with van der Waals surface area (Å²) in [4.78, 5) is 11.2. The fraction of sp³-hybridized carbons (Fsp3) is 0.968. The second-order valence-corrected chi connectivity index (χ2v) is 20.2. The van der Waals surface area contributed by atoms with E-state index < -0.39 is 14.3 Å². The van der Waals surface area contributed by atoms with Gasteiger partial charge in [-0.3, -0.25) is 4.79 Å². The highest BCUT2D eigenvalue weighted by Crippen LogP contribution is 2.69. The number of carbonyl (C=O) groups is 1. The van der Waals surface area contributed by atoms with Gasteiger partial charge < -0.3 is 14.3 Å². The Labute approximate surface area is 222 Å². The Balaban J connectivity index is 1.52. The summed E-state index contributed by atoms with van der Waals surface area (Å²) in [5.74, 6) is 3.32. The molecule has 0 spiro atoms. The summed E-state index contributed by atoms with van der Waals surface area (Å²) in [6.07, 6.45) is 12.0. The fourth-order valence-electron chi connectivity index (χ4n) is 9.64. The van der Waals surface area contributed by atoms with Crippen molar-refractivity contribution < 1.29 is 19.1 Å². The molecule has 4 fully saturated rings. The standard InChI is InChI=1S/C31H56O4Si/c1-20(10-13-27(32)33)23-11-12-24-28-25(15-17-31(23,24)6)30(5)16-14-22(18-21(30)19-26(28)34-7)35-36(8,9)29(2,3)4/h20-26,28H,10-19H2,1-9H3,(H,32,33)/t20?,21-,22+,23+,24-,25-,26+,28-,30-,31+/m0/s1. The molecule has 0 aromatic rings. The molecule has 4 saturated carbocycles. The van der Waals surface area contributed by atoms with Crippen LogP contribution in [-0.4, -0.2) is 38.7 Å². The van der Waals surface area contributed by atoms with Crippen molar-refractivity contribution in [2.75, 3.05) is 7.11 Å². The van der Waals surface area contributed by atoms with Crippen molar-refractivity contribution in [1.82, 2.24) is 0 Å². The Kier molecular flexibility index (Phi) is 7.93. The van der Waals surface area contributed by atoms with Crippen LogP contribution in [0.15, 0.2) is 0 Å². The van der Waals surface area contributed by atoms with Gasteiger partial charge in [-0.1, -0.05) is 41.5 Å². The lowest BCUT2D eigenvalue weighted by Gasteiger charge is -2.63. The first-order chi connectivity index (χ1) is 16.6. The first-order valence-electron chi connectivity index (χ1n) is 15.1. The van der Waals surface area contributed by atoms with Crippen molar-refractivity contribution in [1.29, 1.82) is 0 Å². The van der Waals surface area contributed by atoms with Crippen LogP contribution in [0.4, 0.5) is 0 Å². The van der Waals surface area contributed by atoms with Crippen LogP contribution >= 0.6 is 0 Å². The highest BCUT2D eigenvalue weighted by Gasteiger charge is 2.63. The number of aliphatic carboxylic acids is 1. The minimum Gasteiger partial charge on any atom is -0.481 e. The lowest BCUT2D eigenvalue weighted by Crippen LogP contribution is -2.59. The Morgan fingerprint density at radius 3 is 2.28 bits per heavy atom. The smallest absolute Gasteiger partial charge is 0.303 e. The van der Waals surface area contributed by atoms with Gasteiger partial charge in [0.2, 0.25) is 0 Å². The summed E-state index contributed by atoms with van der Waals surface area (Å²) in [6.45, 7) is 19.4. The Morgan fingerprint density at radius 2 is 1.67 bits per heavy atom. The predicted molar refractivity (Wildman–Crippen MR) is 150 cm³/mol. The molecule has 10 atom stereocenters. The second-order valence-electron chi connectivity index (χ2n) is 15.4. The number of carboxylic acids is 1. The van der Waals surface area contributed by atoms with E-state index in [2.05, 4.69) is 54.6 Å². The van der Waals surface area contributed by atoms with Gasteiger partial charge in [0.15, 0.2) is 8.32 Å². The third-order valence-corrected chi connectivity index (χ3v) is 17.3. The summed E-state index contributed by atoms with van der Waals surface area (Å²) in [6, 6.07) is 0. The third-order valence-electron chi connectivity index (χ3n) is 12.8. The minimum absolute atomic E-state index is 0.259. The van der Waals surface area contributed by atoms with Crippen molar-refractivity contribution >= 4 is 14.3 Å². The SMILES string of the molecule is CO[C@@H]1C[C@@H]2C[C@H](O[Si](C)(C)C(C)(C)C)CC[C@]2(C)[C@H]2CC[C@]3(C)[C@@H](C(C)CCC(=O)O)CC[C@H]3[C@H]12. The van der Waals surface area contributed by atoms with Gasteiger partial charge in [-0.15, -0.1) is 0 Å². The number of carboxylic acid groups (broad SMARTS) is 1. The van der Waals surface area contributed by atoms with Crippen molar-refractivity contribution in [3.63, 3.8) is 0 Å². The highest BCUT2D eigenvalue weighted by atomic mass is 28.4. The van der Waals surface area contributed by atoms with Gasteiger partial charge in [0.05, 0.1) is 6.10 Å². The fourth-order valence-corrected chi connectivity index (χ4v) is 11.0. The Hall–Kier alpha value is -0.393. The molecule has 0 aliphatic heterocycles. The molecule has 0 aromatic carbocycles. The average molecular weight is 521 g/mol. The summed E-state index contributed by atoms with van der Waals surface area (Å²) in [5.41, 5.74) is 0.739. The zero-order chi connectivity index (χ0) is 26.7. The van der Waals surface area contributed by atoms with E-state index in [-0.39, 0.29) is 5.04 Å². The lowest BCUT2D eigenvalue weighted by atomic mass is 9.43. The summed E-state index contributed by atoms with van der Waals surface area (Å²) >= 11 is 0. The van der Waals surface area contributed by atoms with Crippen LogP contribution in [-0.2, 0) is 14.0 Å². The van der Waals surface area contributed by atoms with E-state index in [1.165, 1.54) is 51.4 Å². The van der Waals surface area contributed by atoms with Gasteiger partial charge in [0, 0.05) is 19.6 Å². The molecule has 4 nitrogen and oxygen atoms in total. The van der Waals surface area contributed by atoms with E-state index in [0.29, 0.717) is 53.1 Å². The number of rotatable bonds is 7. The molecule has 0 radical (unpaired) electrons. The first-order valence-corrected chi connectivity index (χ1v) is 18.0. The van der Waals surface area contributed by atoms with Crippen molar-refractivity contribution in [2.45, 2.75) is 136 Å². The van der Waals surface area contributed by atoms with Crippen LogP contribution < -0.4 is 0 Å².